The predicted octanol–water partition coefficient (Wildman–Crippen LogP) is 1.62. The van der Waals surface area contributed by atoms with E-state index in [9.17, 15) is 14.8 Å². The van der Waals surface area contributed by atoms with E-state index in [4.69, 9.17) is 4.74 Å². The second-order valence-corrected chi connectivity index (χ2v) is 5.39. The Labute approximate surface area is 107 Å². The molecule has 1 rings (SSSR count). The first-order chi connectivity index (χ1) is 8.26. The molecule has 2 amide bonds. The summed E-state index contributed by atoms with van der Waals surface area (Å²) in [6.45, 7) is 7.71. The highest BCUT2D eigenvalue weighted by Crippen LogP contribution is 2.22. The molecule has 1 atom stereocenters. The molecule has 1 heterocycles. The molecule has 1 fully saturated rings. The molecule has 0 aromatic carbocycles. The van der Waals surface area contributed by atoms with Crippen LogP contribution in [0.5, 0.6) is 0 Å². The quantitative estimate of drug-likeness (QED) is 0.603. The molecule has 18 heavy (non-hydrogen) atoms. The highest BCUT2D eigenvalue weighted by atomic mass is 16.6. The first kappa shape index (κ1) is 14.8. The van der Waals surface area contributed by atoms with Gasteiger partial charge >= 0.3 is 6.09 Å². The topological polar surface area (TPSA) is 70.1 Å². The number of carbonyl (C=O) groups is 2. The number of amides is 2. The molecule has 1 unspecified atom stereocenters. The number of likely N-dealkylation sites (tertiary alicyclic amines) is 1. The normalized spacial score (nSPS) is 19.8. The molecule has 0 spiro atoms. The molecule has 0 bridgehead atoms. The second kappa shape index (κ2) is 5.56. The molecule has 1 aliphatic heterocycles. The SMILES string of the molecule is CCN(O)C(=O)C1CCCN1C(=O)OC(C)(C)C. The Bertz CT molecular complexity index is 325. The van der Waals surface area contributed by atoms with Gasteiger partial charge in [0, 0.05) is 13.1 Å². The number of rotatable bonds is 2. The molecule has 6 heteroatoms. The molecule has 1 N–H and O–H groups in total. The van der Waals surface area contributed by atoms with Crippen molar-refractivity contribution in [1.29, 1.82) is 0 Å². The molecule has 0 aliphatic carbocycles. The Morgan fingerprint density at radius 2 is 2.06 bits per heavy atom. The number of likely N-dealkylation sites (N-methyl/N-ethyl adjacent to an activating group) is 1. The van der Waals surface area contributed by atoms with Crippen molar-refractivity contribution in [2.24, 2.45) is 0 Å². The monoisotopic (exact) mass is 258 g/mol. The van der Waals surface area contributed by atoms with Crippen LogP contribution in [-0.2, 0) is 9.53 Å². The van der Waals surface area contributed by atoms with Crippen molar-refractivity contribution < 1.29 is 19.5 Å². The molecule has 0 aromatic rings. The van der Waals surface area contributed by atoms with Crippen LogP contribution in [0, 0.1) is 0 Å². The van der Waals surface area contributed by atoms with Crippen LogP contribution >= 0.6 is 0 Å². The van der Waals surface area contributed by atoms with Crippen LogP contribution in [0.1, 0.15) is 40.5 Å². The van der Waals surface area contributed by atoms with Gasteiger partial charge in [0.15, 0.2) is 0 Å². The number of hydroxylamine groups is 2. The first-order valence-electron chi connectivity index (χ1n) is 6.26. The predicted molar refractivity (Wildman–Crippen MR) is 65.1 cm³/mol. The molecular weight excluding hydrogens is 236 g/mol. The summed E-state index contributed by atoms with van der Waals surface area (Å²) in [5.41, 5.74) is -0.586. The summed E-state index contributed by atoms with van der Waals surface area (Å²) in [5.74, 6) is -0.444. The maximum Gasteiger partial charge on any atom is 0.410 e. The zero-order valence-electron chi connectivity index (χ0n) is 11.5. The van der Waals surface area contributed by atoms with Crippen LogP contribution in [0.4, 0.5) is 4.79 Å². The van der Waals surface area contributed by atoms with Gasteiger partial charge in [0.25, 0.3) is 5.91 Å². The number of hydrogen-bond acceptors (Lipinski definition) is 4. The zero-order chi connectivity index (χ0) is 13.9. The Kier molecular flexibility index (Phi) is 4.56. The largest absolute Gasteiger partial charge is 0.444 e. The lowest BCUT2D eigenvalue weighted by atomic mass is 10.2. The fourth-order valence-corrected chi connectivity index (χ4v) is 1.89. The van der Waals surface area contributed by atoms with Crippen molar-refractivity contribution in [2.45, 2.75) is 52.2 Å². The molecule has 6 nitrogen and oxygen atoms in total. The summed E-state index contributed by atoms with van der Waals surface area (Å²) in [7, 11) is 0. The lowest BCUT2D eigenvalue weighted by Crippen LogP contribution is -2.48. The number of ether oxygens (including phenoxy) is 1. The minimum Gasteiger partial charge on any atom is -0.444 e. The minimum atomic E-state index is -0.607. The summed E-state index contributed by atoms with van der Waals surface area (Å²) in [6, 6.07) is -0.607. The van der Waals surface area contributed by atoms with E-state index in [0.29, 0.717) is 18.0 Å². The van der Waals surface area contributed by atoms with Crippen molar-refractivity contribution in [3.05, 3.63) is 0 Å². The third-order valence-corrected chi connectivity index (χ3v) is 2.72. The lowest BCUT2D eigenvalue weighted by molar-refractivity contribution is -0.169. The van der Waals surface area contributed by atoms with E-state index in [0.717, 1.165) is 6.42 Å². The molecule has 0 saturated carbocycles. The molecule has 104 valence electrons. The van der Waals surface area contributed by atoms with Gasteiger partial charge in [-0.2, -0.15) is 0 Å². The van der Waals surface area contributed by atoms with Crippen molar-refractivity contribution in [3.63, 3.8) is 0 Å². The molecule has 0 radical (unpaired) electrons. The Balaban J connectivity index is 2.70. The molecule has 1 saturated heterocycles. The van der Waals surface area contributed by atoms with Crippen LogP contribution < -0.4 is 0 Å². The third kappa shape index (κ3) is 3.60. The summed E-state index contributed by atoms with van der Waals surface area (Å²) in [5, 5.41) is 10.1. The zero-order valence-corrected chi connectivity index (χ0v) is 11.5. The van der Waals surface area contributed by atoms with Crippen LogP contribution in [0.2, 0.25) is 0 Å². The van der Waals surface area contributed by atoms with E-state index >= 15 is 0 Å². The Morgan fingerprint density at radius 1 is 1.44 bits per heavy atom. The number of hydrogen-bond donors (Lipinski definition) is 1. The summed E-state index contributed by atoms with van der Waals surface area (Å²) >= 11 is 0. The Hall–Kier alpha value is -1.30. The van der Waals surface area contributed by atoms with Gasteiger partial charge in [-0.3, -0.25) is 14.9 Å². The lowest BCUT2D eigenvalue weighted by Gasteiger charge is -2.29. The van der Waals surface area contributed by atoms with Gasteiger partial charge in [-0.25, -0.2) is 9.86 Å². The molecule has 0 aromatic heterocycles. The van der Waals surface area contributed by atoms with Crippen LogP contribution in [0.15, 0.2) is 0 Å². The van der Waals surface area contributed by atoms with E-state index in [2.05, 4.69) is 0 Å². The van der Waals surface area contributed by atoms with Crippen molar-refractivity contribution in [2.75, 3.05) is 13.1 Å². The summed E-state index contributed by atoms with van der Waals surface area (Å²) in [6.07, 6.45) is 0.811. The van der Waals surface area contributed by atoms with Crippen molar-refractivity contribution >= 4 is 12.0 Å². The maximum atomic E-state index is 11.9. The highest BCUT2D eigenvalue weighted by molar-refractivity contribution is 5.85. The van der Waals surface area contributed by atoms with Gasteiger partial charge in [0.1, 0.15) is 11.6 Å². The second-order valence-electron chi connectivity index (χ2n) is 5.39. The van der Waals surface area contributed by atoms with Gasteiger partial charge in [-0.15, -0.1) is 0 Å². The van der Waals surface area contributed by atoms with E-state index < -0.39 is 23.6 Å². The van der Waals surface area contributed by atoms with Gasteiger partial charge < -0.3 is 4.74 Å². The summed E-state index contributed by atoms with van der Waals surface area (Å²) in [4.78, 5) is 25.2. The minimum absolute atomic E-state index is 0.206. The van der Waals surface area contributed by atoms with Crippen LogP contribution in [-0.4, -0.2) is 51.9 Å². The van der Waals surface area contributed by atoms with Crippen LogP contribution in [0.25, 0.3) is 0 Å². The van der Waals surface area contributed by atoms with Gasteiger partial charge in [0.05, 0.1) is 0 Å². The third-order valence-electron chi connectivity index (χ3n) is 2.72. The van der Waals surface area contributed by atoms with E-state index in [1.54, 1.807) is 27.7 Å². The van der Waals surface area contributed by atoms with Gasteiger partial charge in [-0.05, 0) is 40.5 Å². The standard InChI is InChI=1S/C12H22N2O4/c1-5-14(17)10(15)9-7-6-8-13(9)11(16)18-12(2,3)4/h9,17H,5-8H2,1-4H3. The van der Waals surface area contributed by atoms with E-state index in [1.807, 2.05) is 0 Å². The molecular formula is C12H22N2O4. The molecule has 1 aliphatic rings. The van der Waals surface area contributed by atoms with E-state index in [1.165, 1.54) is 4.90 Å². The summed E-state index contributed by atoms with van der Waals surface area (Å²) < 4.78 is 5.25. The maximum absolute atomic E-state index is 11.9. The Morgan fingerprint density at radius 3 is 2.56 bits per heavy atom. The highest BCUT2D eigenvalue weighted by Gasteiger charge is 2.38. The van der Waals surface area contributed by atoms with Crippen molar-refractivity contribution in [3.8, 4) is 0 Å². The average Bonchev–Trinajstić information content (AvgIpc) is 2.73. The average molecular weight is 258 g/mol. The van der Waals surface area contributed by atoms with Crippen LogP contribution in [0.3, 0.4) is 0 Å². The number of carbonyl (C=O) groups excluding carboxylic acids is 2. The smallest absolute Gasteiger partial charge is 0.410 e. The van der Waals surface area contributed by atoms with E-state index in [-0.39, 0.29) is 6.54 Å². The fourth-order valence-electron chi connectivity index (χ4n) is 1.89. The number of nitrogens with zero attached hydrogens (tertiary/aromatic N) is 2. The van der Waals surface area contributed by atoms with Gasteiger partial charge in [-0.1, -0.05) is 0 Å². The first-order valence-corrected chi connectivity index (χ1v) is 6.26. The van der Waals surface area contributed by atoms with Crippen molar-refractivity contribution in [1.82, 2.24) is 9.96 Å². The van der Waals surface area contributed by atoms with Gasteiger partial charge in [0.2, 0.25) is 0 Å². The fraction of sp³-hybridized carbons (Fsp3) is 0.833.